The first-order chi connectivity index (χ1) is 8.54. The Morgan fingerprint density at radius 1 is 1.28 bits per heavy atom. The molecule has 0 atom stereocenters. The largest absolute Gasteiger partial charge is 0.434 e. The van der Waals surface area contributed by atoms with Gasteiger partial charge in [0.25, 0.3) is 0 Å². The second-order valence-corrected chi connectivity index (χ2v) is 4.56. The van der Waals surface area contributed by atoms with E-state index in [-0.39, 0.29) is 0 Å². The number of benzene rings is 1. The van der Waals surface area contributed by atoms with E-state index < -0.39 is 6.03 Å². The number of halogens is 1. The number of carbonyl (C=O) groups is 1. The molecule has 0 saturated heterocycles. The van der Waals surface area contributed by atoms with E-state index in [2.05, 4.69) is 26.6 Å². The van der Waals surface area contributed by atoms with Crippen molar-refractivity contribution in [3.05, 3.63) is 40.6 Å². The van der Waals surface area contributed by atoms with Gasteiger partial charge in [0.15, 0.2) is 4.67 Å². The van der Waals surface area contributed by atoms with Crippen LogP contribution < -0.4 is 16.4 Å². The number of amides is 2. The van der Waals surface area contributed by atoms with Crippen molar-refractivity contribution < 1.29 is 9.21 Å². The summed E-state index contributed by atoms with van der Waals surface area (Å²) in [6.45, 7) is 1.92. The van der Waals surface area contributed by atoms with Crippen LogP contribution in [0.5, 0.6) is 0 Å². The van der Waals surface area contributed by atoms with Crippen LogP contribution in [0.4, 0.5) is 22.1 Å². The number of carbonyl (C=O) groups excluding carboxylic acids is 1. The number of urea groups is 1. The van der Waals surface area contributed by atoms with Gasteiger partial charge >= 0.3 is 6.03 Å². The van der Waals surface area contributed by atoms with Gasteiger partial charge in [-0.15, -0.1) is 0 Å². The zero-order valence-electron chi connectivity index (χ0n) is 9.66. The number of rotatable bonds is 2. The van der Waals surface area contributed by atoms with Crippen molar-refractivity contribution >= 4 is 39.2 Å². The van der Waals surface area contributed by atoms with Crippen molar-refractivity contribution in [2.45, 2.75) is 6.92 Å². The number of aryl methyl sites for hydroxylation is 1. The molecule has 0 unspecified atom stereocenters. The molecule has 0 bridgehead atoms. The predicted molar refractivity (Wildman–Crippen MR) is 74.6 cm³/mol. The molecular formula is C12H12BrN3O2. The van der Waals surface area contributed by atoms with Crippen LogP contribution in [0.15, 0.2) is 39.4 Å². The first-order valence-electron chi connectivity index (χ1n) is 5.24. The summed E-state index contributed by atoms with van der Waals surface area (Å²) in [5.74, 6) is 0.352. The average Bonchev–Trinajstić information content (AvgIpc) is 2.69. The van der Waals surface area contributed by atoms with Gasteiger partial charge in [0.05, 0.1) is 11.4 Å². The van der Waals surface area contributed by atoms with E-state index in [1.165, 1.54) is 0 Å². The Balaban J connectivity index is 2.05. The summed E-state index contributed by atoms with van der Waals surface area (Å²) in [4.78, 5) is 11.7. The fourth-order valence-corrected chi connectivity index (χ4v) is 1.73. The van der Waals surface area contributed by atoms with E-state index in [1.54, 1.807) is 24.3 Å². The summed E-state index contributed by atoms with van der Waals surface area (Å²) in [5, 5.41) is 5.21. The molecule has 0 aliphatic rings. The van der Waals surface area contributed by atoms with E-state index >= 15 is 0 Å². The third-order valence-corrected chi connectivity index (χ3v) is 2.69. The molecule has 0 aliphatic carbocycles. The summed E-state index contributed by atoms with van der Waals surface area (Å²) >= 11 is 3.15. The van der Waals surface area contributed by atoms with E-state index in [0.717, 1.165) is 5.56 Å². The highest BCUT2D eigenvalue weighted by molar-refractivity contribution is 9.10. The number of hydrogen-bond acceptors (Lipinski definition) is 3. The Morgan fingerprint density at radius 3 is 2.72 bits per heavy atom. The predicted octanol–water partition coefficient (Wildman–Crippen LogP) is 3.58. The molecule has 4 N–H and O–H groups in total. The smallest absolute Gasteiger partial charge is 0.326 e. The normalized spacial score (nSPS) is 10.1. The standard InChI is InChI=1S/C12H12BrN3O2/c1-7-2-3-8(14)9(6-7)15-12(17)16-11-5-4-10(13)18-11/h2-6H,14H2,1H3,(H2,15,16,17). The maximum Gasteiger partial charge on any atom is 0.326 e. The van der Waals surface area contributed by atoms with Crippen LogP contribution in [0.1, 0.15) is 5.56 Å². The summed E-state index contributed by atoms with van der Waals surface area (Å²) in [7, 11) is 0. The Labute approximate surface area is 112 Å². The lowest BCUT2D eigenvalue weighted by Crippen LogP contribution is -2.19. The molecule has 1 heterocycles. The number of anilines is 3. The number of nitrogens with one attached hydrogen (secondary N) is 2. The number of hydrogen-bond donors (Lipinski definition) is 3. The number of nitrogens with two attached hydrogens (primary N) is 1. The van der Waals surface area contributed by atoms with Gasteiger partial charge in [0, 0.05) is 6.07 Å². The fourth-order valence-electron chi connectivity index (χ4n) is 1.43. The van der Waals surface area contributed by atoms with E-state index in [1.807, 2.05) is 13.0 Å². The Morgan fingerprint density at radius 2 is 2.06 bits per heavy atom. The van der Waals surface area contributed by atoms with Gasteiger partial charge in [-0.25, -0.2) is 4.79 Å². The summed E-state index contributed by atoms with van der Waals surface area (Å²) in [5.41, 5.74) is 7.85. The Hall–Kier alpha value is -1.95. The van der Waals surface area contributed by atoms with Crippen LogP contribution >= 0.6 is 15.9 Å². The summed E-state index contributed by atoms with van der Waals surface area (Å²) < 4.78 is 5.71. The molecule has 5 nitrogen and oxygen atoms in total. The van der Waals surface area contributed by atoms with Gasteiger partial charge in [0.2, 0.25) is 5.88 Å². The molecule has 18 heavy (non-hydrogen) atoms. The molecule has 2 rings (SSSR count). The monoisotopic (exact) mass is 309 g/mol. The third-order valence-electron chi connectivity index (χ3n) is 2.27. The minimum absolute atomic E-state index is 0.352. The Bertz CT molecular complexity index is 580. The second kappa shape index (κ2) is 5.14. The van der Waals surface area contributed by atoms with Crippen LogP contribution in [0.25, 0.3) is 0 Å². The zero-order chi connectivity index (χ0) is 13.1. The molecule has 1 aromatic heterocycles. The Kier molecular flexibility index (Phi) is 3.57. The van der Waals surface area contributed by atoms with Crippen LogP contribution in [0.3, 0.4) is 0 Å². The third kappa shape index (κ3) is 3.04. The average molecular weight is 310 g/mol. The lowest BCUT2D eigenvalue weighted by molar-refractivity contribution is 0.261. The van der Waals surface area contributed by atoms with Crippen molar-refractivity contribution in [2.24, 2.45) is 0 Å². The first kappa shape index (κ1) is 12.5. The van der Waals surface area contributed by atoms with Gasteiger partial charge in [-0.2, -0.15) is 0 Å². The molecule has 0 spiro atoms. The van der Waals surface area contributed by atoms with Crippen molar-refractivity contribution in [1.82, 2.24) is 0 Å². The molecule has 94 valence electrons. The first-order valence-corrected chi connectivity index (χ1v) is 6.03. The molecular weight excluding hydrogens is 298 g/mol. The van der Waals surface area contributed by atoms with Gasteiger partial charge < -0.3 is 15.5 Å². The SMILES string of the molecule is Cc1ccc(N)c(NC(=O)Nc2ccc(Br)o2)c1. The molecule has 2 aromatic rings. The maximum absolute atomic E-state index is 11.7. The summed E-state index contributed by atoms with van der Waals surface area (Å²) in [6, 6.07) is 8.35. The van der Waals surface area contributed by atoms with Crippen molar-refractivity contribution in [3.63, 3.8) is 0 Å². The van der Waals surface area contributed by atoms with E-state index in [9.17, 15) is 4.79 Å². The highest BCUT2D eigenvalue weighted by atomic mass is 79.9. The highest BCUT2D eigenvalue weighted by Crippen LogP contribution is 2.21. The molecule has 0 fully saturated rings. The van der Waals surface area contributed by atoms with Gasteiger partial charge in [-0.3, -0.25) is 5.32 Å². The topological polar surface area (TPSA) is 80.3 Å². The highest BCUT2D eigenvalue weighted by Gasteiger charge is 2.07. The van der Waals surface area contributed by atoms with Crippen LogP contribution in [0.2, 0.25) is 0 Å². The van der Waals surface area contributed by atoms with Crippen LogP contribution in [-0.2, 0) is 0 Å². The van der Waals surface area contributed by atoms with E-state index in [4.69, 9.17) is 10.2 Å². The van der Waals surface area contributed by atoms with Crippen molar-refractivity contribution in [1.29, 1.82) is 0 Å². The van der Waals surface area contributed by atoms with E-state index in [0.29, 0.717) is 21.9 Å². The zero-order valence-corrected chi connectivity index (χ0v) is 11.2. The quantitative estimate of drug-likeness (QED) is 0.742. The van der Waals surface area contributed by atoms with Crippen LogP contribution in [-0.4, -0.2) is 6.03 Å². The molecule has 0 aliphatic heterocycles. The minimum atomic E-state index is -0.408. The lowest BCUT2D eigenvalue weighted by atomic mass is 10.2. The number of nitrogen functional groups attached to an aromatic ring is 1. The molecule has 6 heteroatoms. The molecule has 2 amide bonds. The van der Waals surface area contributed by atoms with Gasteiger partial charge in [-0.05, 0) is 46.6 Å². The van der Waals surface area contributed by atoms with Gasteiger partial charge in [-0.1, -0.05) is 6.07 Å². The number of furan rings is 1. The van der Waals surface area contributed by atoms with Crippen molar-refractivity contribution in [3.8, 4) is 0 Å². The minimum Gasteiger partial charge on any atom is -0.434 e. The lowest BCUT2D eigenvalue weighted by Gasteiger charge is -2.09. The van der Waals surface area contributed by atoms with Crippen molar-refractivity contribution in [2.75, 3.05) is 16.4 Å². The summed E-state index contributed by atoms with van der Waals surface area (Å²) in [6.07, 6.45) is 0. The maximum atomic E-state index is 11.7. The molecule has 0 radical (unpaired) electrons. The van der Waals surface area contributed by atoms with Crippen LogP contribution in [0, 0.1) is 6.92 Å². The molecule has 1 aromatic carbocycles. The van der Waals surface area contributed by atoms with Gasteiger partial charge in [0.1, 0.15) is 0 Å². The fraction of sp³-hybridized carbons (Fsp3) is 0.0833. The molecule has 0 saturated carbocycles. The second-order valence-electron chi connectivity index (χ2n) is 3.77.